The number of benzene rings is 1. The quantitative estimate of drug-likeness (QED) is 0.873. The van der Waals surface area contributed by atoms with E-state index in [4.69, 9.17) is 10.2 Å². The van der Waals surface area contributed by atoms with Crippen LogP contribution in [-0.4, -0.2) is 13.4 Å². The molecule has 1 heterocycles. The summed E-state index contributed by atoms with van der Waals surface area (Å²) in [5.74, 6) is 0.973. The molecule has 2 rings (SSSR count). The first-order chi connectivity index (χ1) is 9.83. The summed E-state index contributed by atoms with van der Waals surface area (Å²) in [7, 11) is -3.63. The monoisotopic (exact) mass is 309 g/mol. The van der Waals surface area contributed by atoms with Gasteiger partial charge in [-0.05, 0) is 43.5 Å². The van der Waals surface area contributed by atoms with Crippen molar-refractivity contribution in [1.29, 1.82) is 0 Å². The van der Waals surface area contributed by atoms with Crippen molar-refractivity contribution in [1.82, 2.24) is 9.71 Å². The zero-order valence-corrected chi connectivity index (χ0v) is 13.1. The van der Waals surface area contributed by atoms with Gasteiger partial charge < -0.3 is 10.2 Å². The van der Waals surface area contributed by atoms with E-state index < -0.39 is 10.0 Å². The number of hydrogen-bond acceptors (Lipinski definition) is 5. The molecule has 0 aliphatic carbocycles. The van der Waals surface area contributed by atoms with Crippen LogP contribution >= 0.6 is 0 Å². The van der Waals surface area contributed by atoms with Crippen LogP contribution in [0.3, 0.4) is 0 Å². The first-order valence-electron chi connectivity index (χ1n) is 6.54. The predicted octanol–water partition coefficient (Wildman–Crippen LogP) is 1.54. The van der Waals surface area contributed by atoms with Gasteiger partial charge in [-0.2, -0.15) is 0 Å². The molecule has 2 aromatic rings. The third kappa shape index (κ3) is 3.49. The lowest BCUT2D eigenvalue weighted by Crippen LogP contribution is -2.24. The Labute approximate surface area is 124 Å². The van der Waals surface area contributed by atoms with Crippen LogP contribution in [0.15, 0.2) is 27.6 Å². The van der Waals surface area contributed by atoms with E-state index in [-0.39, 0.29) is 11.4 Å². The van der Waals surface area contributed by atoms with Crippen molar-refractivity contribution in [3.63, 3.8) is 0 Å². The summed E-state index contributed by atoms with van der Waals surface area (Å²) in [5, 5.41) is 0. The van der Waals surface area contributed by atoms with Crippen LogP contribution in [0.2, 0.25) is 0 Å². The highest BCUT2D eigenvalue weighted by Crippen LogP contribution is 2.20. The van der Waals surface area contributed by atoms with Gasteiger partial charge in [-0.15, -0.1) is 0 Å². The molecule has 7 heteroatoms. The van der Waals surface area contributed by atoms with E-state index in [9.17, 15) is 8.42 Å². The Hall–Kier alpha value is -1.70. The molecule has 114 valence electrons. The van der Waals surface area contributed by atoms with E-state index in [1.165, 1.54) is 0 Å². The number of nitrogens with one attached hydrogen (secondary N) is 1. The number of aryl methyl sites for hydroxylation is 3. The summed E-state index contributed by atoms with van der Waals surface area (Å²) in [6, 6.07) is 3.44. The topological polar surface area (TPSA) is 98.2 Å². The molecule has 1 aromatic heterocycles. The number of oxazole rings is 1. The van der Waals surface area contributed by atoms with Gasteiger partial charge in [0, 0.05) is 6.54 Å². The predicted molar refractivity (Wildman–Crippen MR) is 79.1 cm³/mol. The lowest BCUT2D eigenvalue weighted by atomic mass is 10.1. The third-order valence-electron chi connectivity index (χ3n) is 3.23. The summed E-state index contributed by atoms with van der Waals surface area (Å²) in [5.41, 5.74) is 8.12. The van der Waals surface area contributed by atoms with E-state index in [0.717, 1.165) is 11.1 Å². The van der Waals surface area contributed by atoms with Crippen LogP contribution in [0.4, 0.5) is 0 Å². The van der Waals surface area contributed by atoms with Crippen LogP contribution in [-0.2, 0) is 23.1 Å². The number of nitrogens with zero attached hydrogens (tertiary/aromatic N) is 1. The molecule has 0 saturated heterocycles. The summed E-state index contributed by atoms with van der Waals surface area (Å²) in [6.07, 6.45) is 1.55. The van der Waals surface area contributed by atoms with Gasteiger partial charge in [-0.25, -0.2) is 18.1 Å². The maximum absolute atomic E-state index is 12.4. The molecule has 6 nitrogen and oxygen atoms in total. The first-order valence-corrected chi connectivity index (χ1v) is 8.03. The molecule has 0 saturated carbocycles. The summed E-state index contributed by atoms with van der Waals surface area (Å²) < 4.78 is 32.5. The number of rotatable bonds is 5. The normalized spacial score (nSPS) is 11.8. The molecular weight excluding hydrogens is 290 g/mol. The highest BCUT2D eigenvalue weighted by molar-refractivity contribution is 7.89. The Kier molecular flexibility index (Phi) is 4.46. The molecule has 0 spiro atoms. The highest BCUT2D eigenvalue weighted by atomic mass is 32.2. The minimum atomic E-state index is -3.63. The molecule has 0 bridgehead atoms. The Morgan fingerprint density at radius 1 is 1.24 bits per heavy atom. The van der Waals surface area contributed by atoms with Crippen LogP contribution in [0.25, 0.3) is 0 Å². The maximum atomic E-state index is 12.4. The van der Waals surface area contributed by atoms with Crippen molar-refractivity contribution in [3.8, 4) is 0 Å². The van der Waals surface area contributed by atoms with Crippen molar-refractivity contribution < 1.29 is 12.8 Å². The third-order valence-corrected chi connectivity index (χ3v) is 4.77. The first kappa shape index (κ1) is 15.7. The molecule has 3 N–H and O–H groups in total. The Bertz CT molecular complexity index is 751. The van der Waals surface area contributed by atoms with Gasteiger partial charge in [0.05, 0.1) is 17.6 Å². The van der Waals surface area contributed by atoms with Crippen LogP contribution in [0.5, 0.6) is 0 Å². The summed E-state index contributed by atoms with van der Waals surface area (Å²) in [4.78, 5) is 4.20. The Morgan fingerprint density at radius 3 is 2.52 bits per heavy atom. The smallest absolute Gasteiger partial charge is 0.241 e. The standard InChI is InChI=1S/C14H19N3O3S/c1-9-4-10(2)13(5-12(9)6-15)21(18,19)17-8-14-16-7-11(3)20-14/h4-5,7,17H,6,8,15H2,1-3H3. The Balaban J connectivity index is 2.27. The van der Waals surface area contributed by atoms with Crippen LogP contribution in [0, 0.1) is 20.8 Å². The second-order valence-electron chi connectivity index (χ2n) is 4.94. The molecule has 21 heavy (non-hydrogen) atoms. The van der Waals surface area contributed by atoms with Crippen molar-refractivity contribution in [3.05, 3.63) is 46.7 Å². The van der Waals surface area contributed by atoms with Gasteiger partial charge >= 0.3 is 0 Å². The number of sulfonamides is 1. The average molecular weight is 309 g/mol. The molecule has 0 aliphatic rings. The molecule has 0 radical (unpaired) electrons. The Morgan fingerprint density at radius 2 is 1.95 bits per heavy atom. The van der Waals surface area contributed by atoms with Crippen molar-refractivity contribution in [2.75, 3.05) is 0 Å². The van der Waals surface area contributed by atoms with Crippen LogP contribution in [0.1, 0.15) is 28.3 Å². The van der Waals surface area contributed by atoms with Gasteiger partial charge in [-0.1, -0.05) is 6.07 Å². The highest BCUT2D eigenvalue weighted by Gasteiger charge is 2.19. The van der Waals surface area contributed by atoms with E-state index in [0.29, 0.717) is 23.8 Å². The van der Waals surface area contributed by atoms with E-state index in [1.807, 2.05) is 13.0 Å². The zero-order chi connectivity index (χ0) is 15.6. The number of aromatic nitrogens is 1. The van der Waals surface area contributed by atoms with E-state index in [1.54, 1.807) is 26.1 Å². The van der Waals surface area contributed by atoms with Crippen molar-refractivity contribution >= 4 is 10.0 Å². The average Bonchev–Trinajstić information content (AvgIpc) is 2.82. The van der Waals surface area contributed by atoms with Crippen molar-refractivity contribution in [2.45, 2.75) is 38.8 Å². The zero-order valence-electron chi connectivity index (χ0n) is 12.3. The molecular formula is C14H19N3O3S. The van der Waals surface area contributed by atoms with Crippen molar-refractivity contribution in [2.24, 2.45) is 5.73 Å². The second kappa shape index (κ2) is 5.97. The lowest BCUT2D eigenvalue weighted by Gasteiger charge is -2.12. The number of hydrogen-bond donors (Lipinski definition) is 2. The van der Waals surface area contributed by atoms with Gasteiger partial charge in [0.2, 0.25) is 15.9 Å². The van der Waals surface area contributed by atoms with E-state index >= 15 is 0 Å². The van der Waals surface area contributed by atoms with Gasteiger partial charge in [0.25, 0.3) is 0 Å². The van der Waals surface area contributed by atoms with Gasteiger partial charge in [0.15, 0.2) is 0 Å². The SMILES string of the molecule is Cc1cnc(CNS(=O)(=O)c2cc(CN)c(C)cc2C)o1. The minimum Gasteiger partial charge on any atom is -0.445 e. The second-order valence-corrected chi connectivity index (χ2v) is 6.67. The molecule has 0 amide bonds. The summed E-state index contributed by atoms with van der Waals surface area (Å²) in [6.45, 7) is 5.74. The van der Waals surface area contributed by atoms with E-state index in [2.05, 4.69) is 9.71 Å². The van der Waals surface area contributed by atoms with Gasteiger partial charge in [0.1, 0.15) is 5.76 Å². The number of nitrogens with two attached hydrogens (primary N) is 1. The van der Waals surface area contributed by atoms with Gasteiger partial charge in [-0.3, -0.25) is 0 Å². The molecule has 0 atom stereocenters. The fraction of sp³-hybridized carbons (Fsp3) is 0.357. The summed E-state index contributed by atoms with van der Waals surface area (Å²) >= 11 is 0. The lowest BCUT2D eigenvalue weighted by molar-refractivity contribution is 0.463. The largest absolute Gasteiger partial charge is 0.445 e. The molecule has 1 aromatic carbocycles. The fourth-order valence-corrected chi connectivity index (χ4v) is 3.35. The molecule has 0 fully saturated rings. The van der Waals surface area contributed by atoms with Crippen LogP contribution < -0.4 is 10.5 Å². The molecule has 0 unspecified atom stereocenters. The maximum Gasteiger partial charge on any atom is 0.241 e. The fourth-order valence-electron chi connectivity index (χ4n) is 2.10. The molecule has 0 aliphatic heterocycles. The minimum absolute atomic E-state index is 0.0153.